The molecule has 0 saturated carbocycles. The molecular formula is C21H22ClFN2O2. The molecule has 4 nitrogen and oxygen atoms in total. The summed E-state index contributed by atoms with van der Waals surface area (Å²) in [5, 5.41) is 3.15. The standard InChI is InChI=1S/C21H22ClFN2O2/c1-13-9-14(2)12-25(11-13)21(27)18-8-5-16(22)10-19(18)24-20(26)15-3-6-17(23)7-4-15/h3-8,10,13-14H,9,11-12H2,1-2H3,(H,24,26). The summed E-state index contributed by atoms with van der Waals surface area (Å²) in [6, 6.07) is 10.1. The molecule has 2 amide bonds. The highest BCUT2D eigenvalue weighted by Crippen LogP contribution is 2.27. The van der Waals surface area contributed by atoms with E-state index in [1.165, 1.54) is 24.3 Å². The van der Waals surface area contributed by atoms with E-state index >= 15 is 0 Å². The van der Waals surface area contributed by atoms with Gasteiger partial charge in [0.25, 0.3) is 11.8 Å². The number of hydrogen-bond donors (Lipinski definition) is 1. The summed E-state index contributed by atoms with van der Waals surface area (Å²) in [5.74, 6) is -0.103. The maximum absolute atomic E-state index is 13.1. The van der Waals surface area contributed by atoms with Gasteiger partial charge in [-0.25, -0.2) is 4.39 Å². The number of amides is 2. The van der Waals surface area contributed by atoms with Gasteiger partial charge in [0, 0.05) is 23.7 Å². The van der Waals surface area contributed by atoms with E-state index in [2.05, 4.69) is 19.2 Å². The molecular weight excluding hydrogens is 367 g/mol. The second-order valence-corrected chi connectivity index (χ2v) is 7.74. The Hall–Kier alpha value is -2.40. The molecule has 0 bridgehead atoms. The number of benzene rings is 2. The van der Waals surface area contributed by atoms with Crippen LogP contribution in [0.4, 0.5) is 10.1 Å². The van der Waals surface area contributed by atoms with E-state index in [1.807, 2.05) is 4.90 Å². The van der Waals surface area contributed by atoms with Crippen LogP contribution in [0.5, 0.6) is 0 Å². The summed E-state index contributed by atoms with van der Waals surface area (Å²) in [5.41, 5.74) is 1.05. The molecule has 1 aliphatic heterocycles. The minimum absolute atomic E-state index is 0.125. The van der Waals surface area contributed by atoms with Gasteiger partial charge in [-0.05, 0) is 60.7 Å². The van der Waals surface area contributed by atoms with Gasteiger partial charge in [-0.2, -0.15) is 0 Å². The number of anilines is 1. The van der Waals surface area contributed by atoms with Crippen molar-refractivity contribution in [1.82, 2.24) is 4.90 Å². The van der Waals surface area contributed by atoms with Crippen molar-refractivity contribution < 1.29 is 14.0 Å². The second-order valence-electron chi connectivity index (χ2n) is 7.31. The first-order valence-electron chi connectivity index (χ1n) is 8.99. The van der Waals surface area contributed by atoms with Crippen molar-refractivity contribution in [3.8, 4) is 0 Å². The molecule has 0 radical (unpaired) electrons. The Kier molecular flexibility index (Phi) is 5.80. The second kappa shape index (κ2) is 8.09. The highest BCUT2D eigenvalue weighted by molar-refractivity contribution is 6.31. The van der Waals surface area contributed by atoms with E-state index in [0.717, 1.165) is 6.42 Å². The van der Waals surface area contributed by atoms with E-state index in [-0.39, 0.29) is 5.91 Å². The van der Waals surface area contributed by atoms with Crippen molar-refractivity contribution in [3.05, 3.63) is 64.4 Å². The maximum Gasteiger partial charge on any atom is 0.255 e. The third kappa shape index (κ3) is 4.66. The SMILES string of the molecule is CC1CC(C)CN(C(=O)c2ccc(Cl)cc2NC(=O)c2ccc(F)cc2)C1. The van der Waals surface area contributed by atoms with E-state index in [0.29, 0.717) is 46.8 Å². The number of carbonyl (C=O) groups is 2. The molecule has 1 aliphatic rings. The van der Waals surface area contributed by atoms with Crippen molar-refractivity contribution in [2.45, 2.75) is 20.3 Å². The lowest BCUT2D eigenvalue weighted by Gasteiger charge is -2.35. The number of halogens is 2. The lowest BCUT2D eigenvalue weighted by Crippen LogP contribution is -2.42. The summed E-state index contributed by atoms with van der Waals surface area (Å²) in [7, 11) is 0. The molecule has 2 atom stereocenters. The molecule has 1 heterocycles. The van der Waals surface area contributed by atoms with Crippen LogP contribution in [-0.2, 0) is 0 Å². The minimum Gasteiger partial charge on any atom is -0.338 e. The Labute approximate surface area is 163 Å². The minimum atomic E-state index is -0.424. The normalized spacial score (nSPS) is 19.6. The van der Waals surface area contributed by atoms with Crippen LogP contribution in [0.15, 0.2) is 42.5 Å². The molecule has 1 fully saturated rings. The van der Waals surface area contributed by atoms with E-state index in [9.17, 15) is 14.0 Å². The smallest absolute Gasteiger partial charge is 0.255 e. The Morgan fingerprint density at radius 2 is 1.70 bits per heavy atom. The Bertz CT molecular complexity index is 844. The van der Waals surface area contributed by atoms with Gasteiger partial charge in [-0.1, -0.05) is 25.4 Å². The molecule has 0 aliphatic carbocycles. The Morgan fingerprint density at radius 1 is 1.07 bits per heavy atom. The number of piperidine rings is 1. The predicted molar refractivity (Wildman–Crippen MR) is 105 cm³/mol. The lowest BCUT2D eigenvalue weighted by molar-refractivity contribution is 0.0624. The zero-order valence-corrected chi connectivity index (χ0v) is 16.1. The van der Waals surface area contributed by atoms with Gasteiger partial charge in [0.15, 0.2) is 0 Å². The number of carbonyl (C=O) groups excluding carboxylic acids is 2. The molecule has 0 spiro atoms. The van der Waals surface area contributed by atoms with Crippen molar-refractivity contribution in [2.24, 2.45) is 11.8 Å². The zero-order valence-electron chi connectivity index (χ0n) is 15.3. The number of nitrogens with one attached hydrogen (secondary N) is 1. The van der Waals surface area contributed by atoms with Gasteiger partial charge >= 0.3 is 0 Å². The van der Waals surface area contributed by atoms with E-state index < -0.39 is 11.7 Å². The van der Waals surface area contributed by atoms with Crippen LogP contribution in [0.1, 0.15) is 41.0 Å². The highest BCUT2D eigenvalue weighted by Gasteiger charge is 2.27. The van der Waals surface area contributed by atoms with Gasteiger partial charge < -0.3 is 10.2 Å². The molecule has 2 aromatic carbocycles. The average Bonchev–Trinajstić information content (AvgIpc) is 2.61. The number of likely N-dealkylation sites (tertiary alicyclic amines) is 1. The van der Waals surface area contributed by atoms with Crippen molar-refractivity contribution in [3.63, 3.8) is 0 Å². The van der Waals surface area contributed by atoms with E-state index in [4.69, 9.17) is 11.6 Å². The summed E-state index contributed by atoms with van der Waals surface area (Å²) < 4.78 is 13.1. The van der Waals surface area contributed by atoms with Crippen LogP contribution in [0, 0.1) is 17.7 Å². The van der Waals surface area contributed by atoms with Crippen molar-refractivity contribution >= 4 is 29.1 Å². The van der Waals surface area contributed by atoms with Gasteiger partial charge in [-0.15, -0.1) is 0 Å². The average molecular weight is 389 g/mol. The number of nitrogens with zero attached hydrogens (tertiary/aromatic N) is 1. The number of hydrogen-bond acceptors (Lipinski definition) is 2. The van der Waals surface area contributed by atoms with Crippen LogP contribution < -0.4 is 5.32 Å². The van der Waals surface area contributed by atoms with Gasteiger partial charge in [-0.3, -0.25) is 9.59 Å². The monoisotopic (exact) mass is 388 g/mol. The van der Waals surface area contributed by atoms with Crippen molar-refractivity contribution in [1.29, 1.82) is 0 Å². The molecule has 1 N–H and O–H groups in total. The van der Waals surface area contributed by atoms with Gasteiger partial charge in [0.2, 0.25) is 0 Å². The summed E-state index contributed by atoms with van der Waals surface area (Å²) >= 11 is 6.08. The third-order valence-electron chi connectivity index (χ3n) is 4.72. The largest absolute Gasteiger partial charge is 0.338 e. The van der Waals surface area contributed by atoms with Crippen LogP contribution in [0.3, 0.4) is 0 Å². The third-order valence-corrected chi connectivity index (χ3v) is 4.96. The molecule has 2 unspecified atom stereocenters. The molecule has 27 heavy (non-hydrogen) atoms. The van der Waals surface area contributed by atoms with Crippen LogP contribution in [-0.4, -0.2) is 29.8 Å². The summed E-state index contributed by atoms with van der Waals surface area (Å²) in [6.45, 7) is 5.65. The molecule has 2 aromatic rings. The fraction of sp³-hybridized carbons (Fsp3) is 0.333. The molecule has 1 saturated heterocycles. The van der Waals surface area contributed by atoms with E-state index in [1.54, 1.807) is 18.2 Å². The predicted octanol–water partition coefficient (Wildman–Crippen LogP) is 4.85. The van der Waals surface area contributed by atoms with Crippen LogP contribution in [0.2, 0.25) is 5.02 Å². The molecule has 3 rings (SSSR count). The van der Waals surface area contributed by atoms with Crippen LogP contribution >= 0.6 is 11.6 Å². The first-order chi connectivity index (χ1) is 12.8. The quantitative estimate of drug-likeness (QED) is 0.817. The maximum atomic E-state index is 13.1. The Balaban J connectivity index is 1.85. The molecule has 0 aromatic heterocycles. The fourth-order valence-electron chi connectivity index (χ4n) is 3.60. The van der Waals surface area contributed by atoms with Gasteiger partial charge in [0.1, 0.15) is 5.82 Å². The first-order valence-corrected chi connectivity index (χ1v) is 9.37. The topological polar surface area (TPSA) is 49.4 Å². The van der Waals surface area contributed by atoms with Crippen molar-refractivity contribution in [2.75, 3.05) is 18.4 Å². The summed E-state index contributed by atoms with van der Waals surface area (Å²) in [6.07, 6.45) is 1.10. The summed E-state index contributed by atoms with van der Waals surface area (Å²) in [4.78, 5) is 27.4. The van der Waals surface area contributed by atoms with Gasteiger partial charge in [0.05, 0.1) is 11.3 Å². The fourth-order valence-corrected chi connectivity index (χ4v) is 3.77. The Morgan fingerprint density at radius 3 is 2.33 bits per heavy atom. The molecule has 142 valence electrons. The highest BCUT2D eigenvalue weighted by atomic mass is 35.5. The first kappa shape index (κ1) is 19.4. The number of rotatable bonds is 3. The molecule has 6 heteroatoms. The lowest BCUT2D eigenvalue weighted by atomic mass is 9.91. The van der Waals surface area contributed by atoms with Crippen LogP contribution in [0.25, 0.3) is 0 Å². The zero-order chi connectivity index (χ0) is 19.6.